The minimum atomic E-state index is -1.46. The monoisotopic (exact) mass is 447 g/mol. The third kappa shape index (κ3) is 24.5. The summed E-state index contributed by atoms with van der Waals surface area (Å²) in [6.45, 7) is 2.25. The van der Waals surface area contributed by atoms with Gasteiger partial charge in [0, 0.05) is 12.4 Å². The molecular weight excluding hydrogens is 398 g/mol. The lowest BCUT2D eigenvalue weighted by molar-refractivity contribution is -0.310. The lowest BCUT2D eigenvalue weighted by Crippen LogP contribution is -2.48. The maximum Gasteiger partial charge on any atom is 0.220 e. The smallest absolute Gasteiger partial charge is 0.220 e. The Labute approximate surface area is 189 Å². The highest BCUT2D eigenvalue weighted by atomic mass is 16.4. The summed E-state index contributed by atoms with van der Waals surface area (Å²) in [5, 5.41) is 23.7. The van der Waals surface area contributed by atoms with Gasteiger partial charge < -0.3 is 37.4 Å². The van der Waals surface area contributed by atoms with Crippen LogP contribution in [0.1, 0.15) is 122 Å². The molecule has 0 fully saturated rings. The van der Waals surface area contributed by atoms with Gasteiger partial charge in [-0.15, -0.1) is 0 Å². The molecular formula is C23H49N3O5. The fourth-order valence-electron chi connectivity index (χ4n) is 3.43. The van der Waals surface area contributed by atoms with Crippen molar-refractivity contribution < 1.29 is 24.6 Å². The number of carboxylic acid groups (broad SMARTS) is 2. The Hall–Kier alpha value is -1.67. The van der Waals surface area contributed by atoms with E-state index in [0.29, 0.717) is 6.42 Å². The molecule has 0 unspecified atom stereocenters. The standard InChI is InChI=1S/C23H43NO5.2H3N/c1-2-3-4-5-6-7-8-9-10-11-12-13-14-15-16-17-21(25)24-20(23(28)29)18-19-22(26)27;;/h20H,2-19H2,1H3,(H,24,25)(H,26,27)(H,28,29);2*1H3/t20-;;/m0../s1. The van der Waals surface area contributed by atoms with Crippen LogP contribution in [0.3, 0.4) is 0 Å². The van der Waals surface area contributed by atoms with Crippen molar-refractivity contribution in [3.05, 3.63) is 0 Å². The maximum absolute atomic E-state index is 11.8. The van der Waals surface area contributed by atoms with Crippen LogP contribution in [0, 0.1) is 0 Å². The molecule has 0 aliphatic rings. The average molecular weight is 448 g/mol. The minimum absolute atomic E-state index is 0. The molecule has 0 aromatic rings. The van der Waals surface area contributed by atoms with Gasteiger partial charge in [-0.2, -0.15) is 0 Å². The molecule has 0 spiro atoms. The second-order valence-corrected chi connectivity index (χ2v) is 8.05. The highest BCUT2D eigenvalue weighted by Crippen LogP contribution is 2.13. The highest BCUT2D eigenvalue weighted by Gasteiger charge is 2.13. The van der Waals surface area contributed by atoms with E-state index in [1.54, 1.807) is 0 Å². The zero-order valence-electron chi connectivity index (χ0n) is 20.3. The van der Waals surface area contributed by atoms with E-state index < -0.39 is 24.4 Å². The normalized spacial score (nSPS) is 11.1. The van der Waals surface area contributed by atoms with E-state index in [1.165, 1.54) is 77.0 Å². The maximum atomic E-state index is 11.8. The minimum Gasteiger partial charge on any atom is -0.550 e. The molecule has 9 N–H and O–H groups in total. The molecule has 0 bridgehead atoms. The third-order valence-electron chi connectivity index (χ3n) is 5.26. The largest absolute Gasteiger partial charge is 0.550 e. The van der Waals surface area contributed by atoms with Crippen molar-refractivity contribution in [1.29, 1.82) is 0 Å². The second-order valence-electron chi connectivity index (χ2n) is 8.05. The van der Waals surface area contributed by atoms with Crippen LogP contribution in [0.5, 0.6) is 0 Å². The number of amides is 1. The van der Waals surface area contributed by atoms with Crippen LogP contribution in [0.15, 0.2) is 0 Å². The predicted molar refractivity (Wildman–Crippen MR) is 123 cm³/mol. The third-order valence-corrected chi connectivity index (χ3v) is 5.26. The molecule has 1 atom stereocenters. The summed E-state index contributed by atoms with van der Waals surface area (Å²) >= 11 is 0. The highest BCUT2D eigenvalue weighted by molar-refractivity contribution is 5.83. The summed E-state index contributed by atoms with van der Waals surface area (Å²) in [6.07, 6.45) is 18.3. The number of hydrogen-bond donors (Lipinski definition) is 3. The molecule has 0 rings (SSSR count). The Morgan fingerprint density at radius 1 is 0.645 bits per heavy atom. The van der Waals surface area contributed by atoms with E-state index in [-0.39, 0.29) is 31.0 Å². The van der Waals surface area contributed by atoms with E-state index >= 15 is 0 Å². The zero-order chi connectivity index (χ0) is 21.7. The van der Waals surface area contributed by atoms with E-state index in [2.05, 4.69) is 12.2 Å². The van der Waals surface area contributed by atoms with Crippen molar-refractivity contribution in [2.45, 2.75) is 129 Å². The molecule has 186 valence electrons. The summed E-state index contributed by atoms with van der Waals surface area (Å²) in [5.74, 6) is -3.17. The fraction of sp³-hybridized carbons (Fsp3) is 0.870. The van der Waals surface area contributed by atoms with Gasteiger partial charge in [0.1, 0.15) is 0 Å². The lowest BCUT2D eigenvalue weighted by Gasteiger charge is -2.19. The molecule has 0 aliphatic carbocycles. The molecule has 8 heteroatoms. The summed E-state index contributed by atoms with van der Waals surface area (Å²) < 4.78 is 0. The number of carbonyl (C=O) groups is 3. The summed E-state index contributed by atoms with van der Waals surface area (Å²) in [6, 6.07) is -1.27. The Balaban J connectivity index is -0.00000392. The van der Waals surface area contributed by atoms with Crippen LogP contribution in [0.25, 0.3) is 0 Å². The summed E-state index contributed by atoms with van der Waals surface area (Å²) in [4.78, 5) is 33.1. The number of rotatable bonds is 21. The molecule has 0 saturated carbocycles. The lowest BCUT2D eigenvalue weighted by atomic mass is 10.0. The Bertz CT molecular complexity index is 447. The van der Waals surface area contributed by atoms with Crippen LogP contribution in [0.4, 0.5) is 0 Å². The molecule has 0 radical (unpaired) electrons. The van der Waals surface area contributed by atoms with Crippen molar-refractivity contribution in [2.24, 2.45) is 0 Å². The SMILES string of the molecule is CCCCCCCCCCCCCCCCCC(=O)N[C@@H](CCC(=O)[O-])C(=O)[O-].[NH4+].[NH4+]. The first kappa shape index (κ1) is 34.0. The van der Waals surface area contributed by atoms with Gasteiger partial charge >= 0.3 is 0 Å². The van der Waals surface area contributed by atoms with Crippen molar-refractivity contribution in [1.82, 2.24) is 17.6 Å². The first-order valence-corrected chi connectivity index (χ1v) is 11.7. The Morgan fingerprint density at radius 2 is 1.03 bits per heavy atom. The van der Waals surface area contributed by atoms with Gasteiger partial charge in [-0.1, -0.05) is 96.8 Å². The Morgan fingerprint density at radius 3 is 1.39 bits per heavy atom. The number of carboxylic acids is 2. The molecule has 8 nitrogen and oxygen atoms in total. The second kappa shape index (κ2) is 24.6. The number of nitrogens with one attached hydrogen (secondary N) is 1. The van der Waals surface area contributed by atoms with Gasteiger partial charge in [-0.3, -0.25) is 4.79 Å². The molecule has 0 heterocycles. The number of aliphatic carboxylic acids is 2. The Kier molecular flexibility index (Phi) is 26.9. The topological polar surface area (TPSA) is 182 Å². The van der Waals surface area contributed by atoms with Gasteiger partial charge in [0.05, 0.1) is 12.0 Å². The molecule has 0 aromatic carbocycles. The average Bonchev–Trinajstić information content (AvgIpc) is 2.67. The summed E-state index contributed by atoms with van der Waals surface area (Å²) in [7, 11) is 0. The molecule has 1 amide bonds. The van der Waals surface area contributed by atoms with E-state index in [0.717, 1.165) is 12.8 Å². The first-order valence-electron chi connectivity index (χ1n) is 11.7. The number of unbranched alkanes of at least 4 members (excludes halogenated alkanes) is 14. The zero-order valence-corrected chi connectivity index (χ0v) is 20.3. The van der Waals surface area contributed by atoms with Crippen LogP contribution in [-0.4, -0.2) is 23.9 Å². The van der Waals surface area contributed by atoms with Gasteiger partial charge in [0.15, 0.2) is 0 Å². The van der Waals surface area contributed by atoms with Crippen LogP contribution >= 0.6 is 0 Å². The molecule has 0 saturated heterocycles. The van der Waals surface area contributed by atoms with Gasteiger partial charge in [-0.25, -0.2) is 0 Å². The van der Waals surface area contributed by atoms with Gasteiger partial charge in [-0.05, 0) is 19.3 Å². The van der Waals surface area contributed by atoms with Crippen molar-refractivity contribution in [3.8, 4) is 0 Å². The quantitative estimate of drug-likeness (QED) is 0.226. The van der Waals surface area contributed by atoms with Gasteiger partial charge in [0.25, 0.3) is 0 Å². The van der Waals surface area contributed by atoms with Crippen LogP contribution < -0.4 is 27.8 Å². The van der Waals surface area contributed by atoms with Crippen LogP contribution in [-0.2, 0) is 14.4 Å². The molecule has 0 aromatic heterocycles. The molecule has 0 aliphatic heterocycles. The first-order chi connectivity index (χ1) is 14.0. The number of quaternary nitrogens is 2. The number of hydrogen-bond acceptors (Lipinski definition) is 5. The van der Waals surface area contributed by atoms with E-state index in [9.17, 15) is 24.6 Å². The van der Waals surface area contributed by atoms with Crippen molar-refractivity contribution >= 4 is 17.8 Å². The molecule has 31 heavy (non-hydrogen) atoms. The summed E-state index contributed by atoms with van der Waals surface area (Å²) in [5.41, 5.74) is 0. The van der Waals surface area contributed by atoms with Crippen molar-refractivity contribution in [3.63, 3.8) is 0 Å². The van der Waals surface area contributed by atoms with Gasteiger partial charge in [0.2, 0.25) is 5.91 Å². The fourth-order valence-corrected chi connectivity index (χ4v) is 3.43. The van der Waals surface area contributed by atoms with E-state index in [1.807, 2.05) is 0 Å². The van der Waals surface area contributed by atoms with Crippen molar-refractivity contribution in [2.75, 3.05) is 0 Å². The van der Waals surface area contributed by atoms with Crippen LogP contribution in [0.2, 0.25) is 0 Å². The number of carbonyl (C=O) groups excluding carboxylic acids is 3. The van der Waals surface area contributed by atoms with E-state index in [4.69, 9.17) is 0 Å². The predicted octanol–water partition coefficient (Wildman–Crippen LogP) is 3.77.